The van der Waals surface area contributed by atoms with E-state index in [0.717, 1.165) is 11.1 Å². The molecule has 4 aromatic rings. The Kier molecular flexibility index (Phi) is 6.87. The van der Waals surface area contributed by atoms with Crippen molar-refractivity contribution in [1.29, 1.82) is 0 Å². The number of nitrogens with one attached hydrogen (secondary N) is 1. The SMILES string of the molecule is COc1ccc(/C(O)=C2\C(=O)C(=O)N(c3nc4ccccc4[nH]3)C2c2ccc(OC(C)C)cc2)cc1C(C)(C)C. The van der Waals surface area contributed by atoms with Gasteiger partial charge in [-0.05, 0) is 67.3 Å². The highest BCUT2D eigenvalue weighted by atomic mass is 16.5. The molecule has 8 heteroatoms. The van der Waals surface area contributed by atoms with Gasteiger partial charge in [0.15, 0.2) is 0 Å². The summed E-state index contributed by atoms with van der Waals surface area (Å²) in [4.78, 5) is 36.3. The summed E-state index contributed by atoms with van der Waals surface area (Å²) >= 11 is 0. The molecule has 1 unspecified atom stereocenters. The molecule has 0 spiro atoms. The molecule has 1 fully saturated rings. The number of ketones is 1. The number of H-pyrrole nitrogens is 1. The third-order valence-corrected chi connectivity index (χ3v) is 6.90. The van der Waals surface area contributed by atoms with Crippen molar-refractivity contribution in [3.05, 3.63) is 89.0 Å². The van der Waals surface area contributed by atoms with Gasteiger partial charge < -0.3 is 19.6 Å². The van der Waals surface area contributed by atoms with Crippen LogP contribution in [-0.4, -0.2) is 40.0 Å². The van der Waals surface area contributed by atoms with E-state index in [-0.39, 0.29) is 28.8 Å². The summed E-state index contributed by atoms with van der Waals surface area (Å²) < 4.78 is 11.3. The minimum absolute atomic E-state index is 0.0147. The maximum Gasteiger partial charge on any atom is 0.302 e. The minimum Gasteiger partial charge on any atom is -0.507 e. The Morgan fingerprint density at radius 3 is 2.35 bits per heavy atom. The number of hydrogen-bond donors (Lipinski definition) is 2. The van der Waals surface area contributed by atoms with Crippen LogP contribution in [0.1, 0.15) is 57.4 Å². The summed E-state index contributed by atoms with van der Waals surface area (Å²) in [6.07, 6.45) is -0.0147. The molecule has 1 saturated heterocycles. The molecule has 40 heavy (non-hydrogen) atoms. The molecular weight excluding hydrogens is 506 g/mol. The van der Waals surface area contributed by atoms with E-state index in [0.29, 0.717) is 28.1 Å². The van der Waals surface area contributed by atoms with Crippen molar-refractivity contribution < 1.29 is 24.2 Å². The topological polar surface area (TPSA) is 105 Å². The molecule has 3 aromatic carbocycles. The van der Waals surface area contributed by atoms with E-state index < -0.39 is 17.7 Å². The molecule has 0 saturated carbocycles. The Morgan fingerprint density at radius 2 is 1.73 bits per heavy atom. The van der Waals surface area contributed by atoms with E-state index >= 15 is 0 Å². The largest absolute Gasteiger partial charge is 0.507 e. The van der Waals surface area contributed by atoms with Gasteiger partial charge in [0.2, 0.25) is 5.95 Å². The molecule has 1 aromatic heterocycles. The Bertz CT molecular complexity index is 1590. The number of para-hydroxylation sites is 2. The summed E-state index contributed by atoms with van der Waals surface area (Å²) in [5.41, 5.74) is 2.96. The van der Waals surface area contributed by atoms with Crippen LogP contribution in [-0.2, 0) is 15.0 Å². The van der Waals surface area contributed by atoms with Crippen molar-refractivity contribution in [2.75, 3.05) is 12.0 Å². The van der Waals surface area contributed by atoms with Crippen LogP contribution in [0.15, 0.2) is 72.3 Å². The first-order chi connectivity index (χ1) is 19.0. The summed E-state index contributed by atoms with van der Waals surface area (Å²) in [5.74, 6) is -0.290. The van der Waals surface area contributed by atoms with Gasteiger partial charge in [0, 0.05) is 11.1 Å². The van der Waals surface area contributed by atoms with Crippen LogP contribution in [0.5, 0.6) is 11.5 Å². The van der Waals surface area contributed by atoms with E-state index in [9.17, 15) is 14.7 Å². The zero-order valence-corrected chi connectivity index (χ0v) is 23.5. The fourth-order valence-electron chi connectivity index (χ4n) is 5.02. The predicted octanol–water partition coefficient (Wildman–Crippen LogP) is 6.28. The molecule has 0 radical (unpaired) electrons. The molecule has 0 bridgehead atoms. The monoisotopic (exact) mass is 539 g/mol. The lowest BCUT2D eigenvalue weighted by Crippen LogP contribution is -2.30. The first kappa shape index (κ1) is 27.0. The lowest BCUT2D eigenvalue weighted by Gasteiger charge is -2.24. The van der Waals surface area contributed by atoms with E-state index in [1.807, 2.05) is 58.9 Å². The van der Waals surface area contributed by atoms with Gasteiger partial charge in [-0.25, -0.2) is 4.98 Å². The first-order valence-corrected chi connectivity index (χ1v) is 13.2. The number of imidazole rings is 1. The normalized spacial score (nSPS) is 17.2. The van der Waals surface area contributed by atoms with Gasteiger partial charge in [-0.3, -0.25) is 14.5 Å². The summed E-state index contributed by atoms with van der Waals surface area (Å²) in [5, 5.41) is 11.7. The number of methoxy groups -OCH3 is 1. The minimum atomic E-state index is -0.922. The number of carbonyl (C=O) groups is 2. The predicted molar refractivity (Wildman–Crippen MR) is 155 cm³/mol. The molecule has 1 atom stereocenters. The molecule has 2 N–H and O–H groups in total. The van der Waals surface area contributed by atoms with Gasteiger partial charge in [-0.15, -0.1) is 0 Å². The van der Waals surface area contributed by atoms with Gasteiger partial charge in [0.1, 0.15) is 17.3 Å². The third kappa shape index (κ3) is 4.81. The Labute approximate surface area is 233 Å². The molecule has 1 amide bonds. The van der Waals surface area contributed by atoms with Crippen LogP contribution >= 0.6 is 0 Å². The third-order valence-electron chi connectivity index (χ3n) is 6.90. The number of aromatic amines is 1. The fourth-order valence-corrected chi connectivity index (χ4v) is 5.02. The van der Waals surface area contributed by atoms with Crippen LogP contribution in [0.4, 0.5) is 5.95 Å². The average molecular weight is 540 g/mol. The lowest BCUT2D eigenvalue weighted by molar-refractivity contribution is -0.132. The number of nitrogens with zero attached hydrogens (tertiary/aromatic N) is 2. The number of aliphatic hydroxyl groups excluding tert-OH is 1. The van der Waals surface area contributed by atoms with E-state index in [1.165, 1.54) is 4.90 Å². The number of carbonyl (C=O) groups excluding carboxylic acids is 2. The van der Waals surface area contributed by atoms with Crippen molar-refractivity contribution in [3.63, 3.8) is 0 Å². The number of amides is 1. The Balaban J connectivity index is 1.70. The molecule has 1 aliphatic rings. The zero-order chi connectivity index (χ0) is 28.8. The fraction of sp³-hybridized carbons (Fsp3) is 0.281. The van der Waals surface area contributed by atoms with E-state index in [1.54, 1.807) is 49.6 Å². The molecule has 5 rings (SSSR count). The van der Waals surface area contributed by atoms with Gasteiger partial charge in [-0.1, -0.05) is 45.0 Å². The number of benzene rings is 3. The highest BCUT2D eigenvalue weighted by Crippen LogP contribution is 2.43. The van der Waals surface area contributed by atoms with Crippen molar-refractivity contribution in [2.45, 2.75) is 52.2 Å². The zero-order valence-electron chi connectivity index (χ0n) is 23.5. The van der Waals surface area contributed by atoms with E-state index in [4.69, 9.17) is 9.47 Å². The second-order valence-corrected chi connectivity index (χ2v) is 11.1. The standard InChI is InChI=1S/C32H33N3O5/c1-18(2)40-21-14-11-19(12-15-21)27-26(28(36)20-13-16-25(39-6)22(17-20)32(3,4)5)29(37)30(38)35(27)31-33-23-9-7-8-10-24(23)34-31/h7-18,27,36H,1-6H3,(H,33,34)/b28-26+. The van der Waals surface area contributed by atoms with Crippen molar-refractivity contribution in [1.82, 2.24) is 9.97 Å². The van der Waals surface area contributed by atoms with Crippen molar-refractivity contribution in [2.24, 2.45) is 0 Å². The maximum atomic E-state index is 13.6. The summed E-state index contributed by atoms with van der Waals surface area (Å²) in [6, 6.07) is 18.9. The highest BCUT2D eigenvalue weighted by molar-refractivity contribution is 6.51. The smallest absolute Gasteiger partial charge is 0.302 e. The number of aromatic nitrogens is 2. The molecule has 206 valence electrons. The van der Waals surface area contributed by atoms with Crippen LogP contribution in [0.3, 0.4) is 0 Å². The number of aliphatic hydroxyl groups is 1. The second-order valence-electron chi connectivity index (χ2n) is 11.1. The molecule has 2 heterocycles. The summed E-state index contributed by atoms with van der Waals surface area (Å²) in [6.45, 7) is 9.98. The van der Waals surface area contributed by atoms with Gasteiger partial charge in [-0.2, -0.15) is 0 Å². The number of ether oxygens (including phenoxy) is 2. The molecule has 0 aliphatic carbocycles. The highest BCUT2D eigenvalue weighted by Gasteiger charge is 2.48. The maximum absolute atomic E-state index is 13.6. The Hall–Kier alpha value is -4.59. The van der Waals surface area contributed by atoms with Crippen molar-refractivity contribution in [3.8, 4) is 11.5 Å². The number of anilines is 1. The summed E-state index contributed by atoms with van der Waals surface area (Å²) in [7, 11) is 1.59. The van der Waals surface area contributed by atoms with Crippen LogP contribution in [0.2, 0.25) is 0 Å². The van der Waals surface area contributed by atoms with Gasteiger partial charge in [0.05, 0.1) is 35.9 Å². The average Bonchev–Trinajstić information content (AvgIpc) is 3.45. The quantitative estimate of drug-likeness (QED) is 0.170. The van der Waals surface area contributed by atoms with Crippen LogP contribution in [0.25, 0.3) is 16.8 Å². The lowest BCUT2D eigenvalue weighted by atomic mass is 9.84. The van der Waals surface area contributed by atoms with E-state index in [2.05, 4.69) is 9.97 Å². The van der Waals surface area contributed by atoms with Crippen molar-refractivity contribution >= 4 is 34.4 Å². The molecule has 8 nitrogen and oxygen atoms in total. The first-order valence-electron chi connectivity index (χ1n) is 13.2. The van der Waals surface area contributed by atoms with Gasteiger partial charge >= 0.3 is 5.91 Å². The Morgan fingerprint density at radius 1 is 1.02 bits per heavy atom. The number of rotatable bonds is 6. The van der Waals surface area contributed by atoms with Crippen LogP contribution in [0, 0.1) is 0 Å². The number of Topliss-reactive ketones (excluding diaryl/α,β-unsaturated/α-hetero) is 1. The molecular formula is C32H33N3O5. The number of fused-ring (bicyclic) bond motifs is 1. The number of hydrogen-bond acceptors (Lipinski definition) is 6. The van der Waals surface area contributed by atoms with Crippen LogP contribution < -0.4 is 14.4 Å². The van der Waals surface area contributed by atoms with Gasteiger partial charge in [0.25, 0.3) is 5.78 Å². The second kappa shape index (κ2) is 10.2. The molecule has 1 aliphatic heterocycles.